The second kappa shape index (κ2) is 16.4. The molecule has 9 atom stereocenters. The van der Waals surface area contributed by atoms with Crippen LogP contribution < -0.4 is 25.9 Å². The van der Waals surface area contributed by atoms with Gasteiger partial charge >= 0.3 is 11.8 Å². The van der Waals surface area contributed by atoms with E-state index in [9.17, 15) is 45.1 Å². The standard InChI is InChI=1S/C38H49N3O13/c1-16-11-10-12-17(2)37(49)40-28-23(15-39-41-50)32(46)25-26(33(28)47)31(45)21(6)35-27(25)36(48)38(8,54-35)52-14-13-24(51-9)18(3)34(53-22(7)42)20(5)30(44)19(4)29(16)43/h10-16,18-20,24,29-30,34,43-48H,1-9H3,(H,39,50)(H,40,49)/b11-10+,14-13+,17-12-,23-15-/t16-,18-,19-,20-,24+,29-,30+,34-,38+/m1/s1. The number of hydrogen-bond donors (Lipinski definition) is 8. The third-order valence-corrected chi connectivity index (χ3v) is 10.3. The Morgan fingerprint density at radius 2 is 1.65 bits per heavy atom. The number of phenolic OH excluding ortho intramolecular Hbond substituents is 3. The van der Waals surface area contributed by atoms with E-state index in [2.05, 4.69) is 10.6 Å². The molecule has 0 radical (unpaired) electrons. The number of anilines is 1. The molecular weight excluding hydrogens is 706 g/mol. The van der Waals surface area contributed by atoms with Crippen LogP contribution in [0.25, 0.3) is 22.7 Å². The molecule has 0 unspecified atom stereocenters. The van der Waals surface area contributed by atoms with Gasteiger partial charge in [0.15, 0.2) is 11.5 Å². The number of benzene rings is 2. The van der Waals surface area contributed by atoms with Crippen LogP contribution in [-0.4, -0.2) is 79.8 Å². The first-order valence-corrected chi connectivity index (χ1v) is 17.3. The number of nitroso groups, excluding NO2 is 1. The molecule has 0 saturated heterocycles. The Kier molecular flexibility index (Phi) is 12.6. The molecule has 8 N–H and O–H groups in total. The summed E-state index contributed by atoms with van der Waals surface area (Å²) in [6.45, 7) is 12.3. The fourth-order valence-corrected chi connectivity index (χ4v) is 6.99. The second-order valence-electron chi connectivity index (χ2n) is 14.0. The van der Waals surface area contributed by atoms with E-state index in [1.165, 1.54) is 59.3 Å². The molecular formula is C38H49N3O13. The van der Waals surface area contributed by atoms with Crippen molar-refractivity contribution in [1.82, 2.24) is 5.43 Å². The minimum absolute atomic E-state index is 0.0363. The van der Waals surface area contributed by atoms with E-state index in [0.717, 1.165) is 6.20 Å². The Morgan fingerprint density at radius 1 is 0.981 bits per heavy atom. The SMILES string of the molecule is CO[C@H]1/C=C/O[C@@]2(C)Oc3c(C)c(O)c4c(O)c(/c(=C/NN=O)c(O)c4c3=C2O)NC(=O)/C(C)=C\C=C\[C@@H](C)[C@@H](O)[C@@H](C)[C@H](O)[C@@H](C)[C@H](OC(C)=O)[C@@H]1C. The quantitative estimate of drug-likeness (QED) is 0.0735. The van der Waals surface area contributed by atoms with Crippen LogP contribution >= 0.6 is 0 Å². The number of phenols is 3. The zero-order valence-electron chi connectivity index (χ0n) is 31.6. The average molecular weight is 756 g/mol. The van der Waals surface area contributed by atoms with Gasteiger partial charge in [0.1, 0.15) is 23.4 Å². The summed E-state index contributed by atoms with van der Waals surface area (Å²) in [5, 5.41) is 72.8. The highest BCUT2D eigenvalue weighted by Crippen LogP contribution is 2.46. The second-order valence-corrected chi connectivity index (χ2v) is 14.0. The number of carbonyl (C=O) groups is 2. The van der Waals surface area contributed by atoms with Crippen LogP contribution in [0, 0.1) is 35.5 Å². The van der Waals surface area contributed by atoms with Crippen molar-refractivity contribution in [2.45, 2.75) is 85.6 Å². The largest absolute Gasteiger partial charge is 0.507 e. The summed E-state index contributed by atoms with van der Waals surface area (Å²) < 4.78 is 23.4. The molecule has 16 nitrogen and oxygen atoms in total. The molecule has 0 spiro atoms. The van der Waals surface area contributed by atoms with Crippen LogP contribution in [0.5, 0.6) is 23.0 Å². The first-order valence-electron chi connectivity index (χ1n) is 17.3. The van der Waals surface area contributed by atoms with Gasteiger partial charge in [-0.15, -0.1) is 4.91 Å². The number of aliphatic hydroxyl groups excluding tert-OH is 3. The van der Waals surface area contributed by atoms with E-state index < -0.39 is 94.4 Å². The summed E-state index contributed by atoms with van der Waals surface area (Å²) >= 11 is 0. The number of aromatic hydroxyl groups is 3. The van der Waals surface area contributed by atoms with Crippen molar-refractivity contribution in [2.24, 2.45) is 29.0 Å². The summed E-state index contributed by atoms with van der Waals surface area (Å²) in [5.74, 6) is -8.51. The van der Waals surface area contributed by atoms with Gasteiger partial charge < -0.3 is 54.9 Å². The molecule has 1 amide bonds. The van der Waals surface area contributed by atoms with E-state index in [4.69, 9.17) is 18.9 Å². The van der Waals surface area contributed by atoms with Crippen molar-refractivity contribution in [3.63, 3.8) is 0 Å². The van der Waals surface area contributed by atoms with Crippen molar-refractivity contribution in [1.29, 1.82) is 0 Å². The number of methoxy groups -OCH3 is 1. The molecule has 16 heteroatoms. The Morgan fingerprint density at radius 3 is 2.26 bits per heavy atom. The van der Waals surface area contributed by atoms with Gasteiger partial charge in [0.25, 0.3) is 5.91 Å². The predicted molar refractivity (Wildman–Crippen MR) is 198 cm³/mol. The van der Waals surface area contributed by atoms with E-state index in [0.29, 0.717) is 0 Å². The molecule has 0 fully saturated rings. The lowest BCUT2D eigenvalue weighted by molar-refractivity contribution is -0.160. The molecule has 294 valence electrons. The topological polar surface area (TPSA) is 246 Å². The van der Waals surface area contributed by atoms with Gasteiger partial charge in [0, 0.05) is 67.4 Å². The lowest BCUT2D eigenvalue weighted by atomic mass is 9.78. The molecule has 3 heterocycles. The van der Waals surface area contributed by atoms with Crippen LogP contribution in [0.4, 0.5) is 5.69 Å². The zero-order chi connectivity index (χ0) is 40.4. The Balaban J connectivity index is 2.01. The average Bonchev–Trinajstić information content (AvgIpc) is 3.39. The number of nitrogens with one attached hydrogen (secondary N) is 2. The van der Waals surface area contributed by atoms with E-state index in [1.807, 2.05) is 5.43 Å². The van der Waals surface area contributed by atoms with Crippen molar-refractivity contribution >= 4 is 40.3 Å². The van der Waals surface area contributed by atoms with Crippen LogP contribution in [0.15, 0.2) is 41.4 Å². The monoisotopic (exact) mass is 755 g/mol. The Bertz CT molecular complexity index is 2030. The van der Waals surface area contributed by atoms with Gasteiger partial charge in [0.2, 0.25) is 0 Å². The lowest BCUT2D eigenvalue weighted by Gasteiger charge is -2.38. The van der Waals surface area contributed by atoms with Crippen LogP contribution in [-0.2, 0) is 23.8 Å². The maximum Gasteiger partial charge on any atom is 0.307 e. The van der Waals surface area contributed by atoms with E-state index in [-0.39, 0.29) is 38.1 Å². The first-order chi connectivity index (χ1) is 25.3. The highest BCUT2D eigenvalue weighted by atomic mass is 16.7. The van der Waals surface area contributed by atoms with E-state index in [1.54, 1.807) is 33.8 Å². The van der Waals surface area contributed by atoms with Gasteiger partial charge in [0.05, 0.1) is 51.4 Å². The molecule has 2 aromatic rings. The van der Waals surface area contributed by atoms with Crippen LogP contribution in [0.2, 0.25) is 0 Å². The van der Waals surface area contributed by atoms with Crippen LogP contribution in [0.1, 0.15) is 54.0 Å². The Labute approximate surface area is 311 Å². The smallest absolute Gasteiger partial charge is 0.307 e. The van der Waals surface area contributed by atoms with Gasteiger partial charge in [-0.3, -0.25) is 9.59 Å². The molecule has 0 saturated carbocycles. The fourth-order valence-electron chi connectivity index (χ4n) is 6.99. The van der Waals surface area contributed by atoms with Gasteiger partial charge in [-0.2, -0.15) is 0 Å². The molecule has 5 bridgehead atoms. The van der Waals surface area contributed by atoms with Gasteiger partial charge in [-0.25, -0.2) is 5.43 Å². The summed E-state index contributed by atoms with van der Waals surface area (Å²) in [6, 6.07) is 0. The summed E-state index contributed by atoms with van der Waals surface area (Å²) in [4.78, 5) is 36.7. The van der Waals surface area contributed by atoms with E-state index >= 15 is 0 Å². The number of carbonyl (C=O) groups excluding carboxylic acids is 2. The van der Waals surface area contributed by atoms with Crippen LogP contribution in [0.3, 0.4) is 0 Å². The molecule has 54 heavy (non-hydrogen) atoms. The molecule has 0 aromatic heterocycles. The fraction of sp³-hybridized carbons (Fsp3) is 0.474. The van der Waals surface area contributed by atoms with Crippen molar-refractivity contribution in [2.75, 3.05) is 12.4 Å². The number of rotatable bonds is 4. The number of allylic oxidation sites excluding steroid dienone is 2. The molecule has 2 aromatic carbocycles. The summed E-state index contributed by atoms with van der Waals surface area (Å²) in [6.07, 6.45) is 4.26. The number of aliphatic hydroxyl groups is 3. The highest BCUT2D eigenvalue weighted by molar-refractivity contribution is 6.10. The number of ether oxygens (including phenoxy) is 4. The third kappa shape index (κ3) is 7.67. The molecule has 3 aliphatic heterocycles. The zero-order valence-corrected chi connectivity index (χ0v) is 31.6. The summed E-state index contributed by atoms with van der Waals surface area (Å²) in [7, 11) is 1.42. The maximum absolute atomic E-state index is 13.4. The number of fused-ring (bicyclic) bond motifs is 14. The number of amides is 1. The van der Waals surface area contributed by atoms with Crippen molar-refractivity contribution < 1.29 is 59.2 Å². The van der Waals surface area contributed by atoms with Gasteiger partial charge in [-0.1, -0.05) is 45.9 Å². The normalized spacial score (nSPS) is 31.9. The molecule has 3 aliphatic rings. The van der Waals surface area contributed by atoms with Crippen molar-refractivity contribution in [3.05, 3.63) is 57.0 Å². The third-order valence-electron chi connectivity index (χ3n) is 10.3. The van der Waals surface area contributed by atoms with Gasteiger partial charge in [-0.05, 0) is 19.9 Å². The highest BCUT2D eigenvalue weighted by Gasteiger charge is 2.44. The number of esters is 1. The van der Waals surface area contributed by atoms with Crippen molar-refractivity contribution in [3.8, 4) is 23.0 Å². The Hall–Kier alpha value is -5.32. The number of hydrogen-bond acceptors (Lipinski definition) is 14. The minimum atomic E-state index is -1.97. The molecule has 5 rings (SSSR count). The molecule has 0 aliphatic carbocycles. The lowest BCUT2D eigenvalue weighted by Crippen LogP contribution is -2.46. The number of nitrogens with zero attached hydrogens (tertiary/aromatic N) is 1. The maximum atomic E-state index is 13.4. The summed E-state index contributed by atoms with van der Waals surface area (Å²) in [5.41, 5.74) is 1.76. The predicted octanol–water partition coefficient (Wildman–Crippen LogP) is 3.25. The minimum Gasteiger partial charge on any atom is -0.507 e. The first kappa shape index (κ1) is 41.4.